The summed E-state index contributed by atoms with van der Waals surface area (Å²) < 4.78 is 13.0. The summed E-state index contributed by atoms with van der Waals surface area (Å²) >= 11 is 12.2. The molecule has 0 aliphatic carbocycles. The number of carboxylic acids is 1. The molecule has 41 heavy (non-hydrogen) atoms. The number of aliphatic carboxylic acids is 1. The van der Waals surface area contributed by atoms with Crippen LogP contribution in [0.5, 0.6) is 0 Å². The monoisotopic (exact) mass is 596 g/mol. The fraction of sp³-hybridized carbons (Fsp3) is 0.310. The van der Waals surface area contributed by atoms with E-state index >= 15 is 0 Å². The SMILES string of the molecule is C#C[C@@]1(O)[C@@H](COC(Cc2ccccc2)C(=O)O)O[C@@H](n2cnc3c(CCc4ccc(Cl)cc4)nc(Cl)nc32)[C@@H]1O. The Kier molecular flexibility index (Phi) is 8.56. The van der Waals surface area contributed by atoms with E-state index < -0.39 is 42.7 Å². The van der Waals surface area contributed by atoms with Gasteiger partial charge in [0.15, 0.2) is 23.6 Å². The van der Waals surface area contributed by atoms with Crippen molar-refractivity contribution in [3.8, 4) is 12.3 Å². The number of halogens is 2. The van der Waals surface area contributed by atoms with E-state index in [0.717, 1.165) is 11.1 Å². The van der Waals surface area contributed by atoms with Gasteiger partial charge in [-0.3, -0.25) is 4.57 Å². The normalized spacial score (nSPS) is 23.0. The third-order valence-corrected chi connectivity index (χ3v) is 7.46. The van der Waals surface area contributed by atoms with Crippen LogP contribution in [0.2, 0.25) is 10.3 Å². The first-order valence-electron chi connectivity index (χ1n) is 12.7. The Morgan fingerprint density at radius 1 is 1.12 bits per heavy atom. The molecular weight excluding hydrogens is 571 g/mol. The highest BCUT2D eigenvalue weighted by Crippen LogP contribution is 2.39. The van der Waals surface area contributed by atoms with Crippen molar-refractivity contribution >= 4 is 40.3 Å². The number of carbonyl (C=O) groups is 1. The summed E-state index contributed by atoms with van der Waals surface area (Å²) in [5.41, 5.74) is 0.903. The molecule has 12 heteroatoms. The third kappa shape index (κ3) is 6.06. The van der Waals surface area contributed by atoms with Gasteiger partial charge in [-0.2, -0.15) is 4.98 Å². The number of hydrogen-bond donors (Lipinski definition) is 3. The van der Waals surface area contributed by atoms with Gasteiger partial charge >= 0.3 is 5.97 Å². The highest BCUT2D eigenvalue weighted by molar-refractivity contribution is 6.30. The lowest BCUT2D eigenvalue weighted by molar-refractivity contribution is -0.156. The van der Waals surface area contributed by atoms with E-state index in [1.807, 2.05) is 18.2 Å². The average molecular weight is 597 g/mol. The Labute approximate surface area is 245 Å². The van der Waals surface area contributed by atoms with Crippen molar-refractivity contribution in [1.82, 2.24) is 19.5 Å². The Hall–Kier alpha value is -3.56. The van der Waals surface area contributed by atoms with Gasteiger partial charge in [-0.05, 0) is 47.7 Å². The molecule has 212 valence electrons. The fourth-order valence-electron chi connectivity index (χ4n) is 4.79. The fourth-order valence-corrected chi connectivity index (χ4v) is 5.09. The Balaban J connectivity index is 1.36. The van der Waals surface area contributed by atoms with Crippen LogP contribution in [0.4, 0.5) is 0 Å². The number of aliphatic hydroxyl groups is 2. The number of nitrogens with zero attached hydrogens (tertiary/aromatic N) is 4. The zero-order valence-corrected chi connectivity index (χ0v) is 23.1. The average Bonchev–Trinajstić information content (AvgIpc) is 3.49. The predicted molar refractivity (Wildman–Crippen MR) is 150 cm³/mol. The molecule has 0 radical (unpaired) electrons. The van der Waals surface area contributed by atoms with E-state index in [9.17, 15) is 20.1 Å². The van der Waals surface area contributed by atoms with E-state index in [1.54, 1.807) is 36.4 Å². The van der Waals surface area contributed by atoms with Crippen LogP contribution in [-0.2, 0) is 33.5 Å². The van der Waals surface area contributed by atoms with Crippen LogP contribution < -0.4 is 0 Å². The smallest absolute Gasteiger partial charge is 0.333 e. The van der Waals surface area contributed by atoms with Crippen molar-refractivity contribution in [3.63, 3.8) is 0 Å². The number of terminal acetylenes is 1. The lowest BCUT2D eigenvalue weighted by Gasteiger charge is -2.26. The summed E-state index contributed by atoms with van der Waals surface area (Å²) in [6.45, 7) is -0.396. The van der Waals surface area contributed by atoms with Gasteiger partial charge in [0.25, 0.3) is 0 Å². The van der Waals surface area contributed by atoms with Crippen molar-refractivity contribution in [2.24, 2.45) is 0 Å². The van der Waals surface area contributed by atoms with Crippen LogP contribution in [0.1, 0.15) is 23.0 Å². The summed E-state index contributed by atoms with van der Waals surface area (Å²) in [6, 6.07) is 16.4. The molecule has 4 aromatic rings. The lowest BCUT2D eigenvalue weighted by atomic mass is 9.93. The highest BCUT2D eigenvalue weighted by Gasteiger charge is 2.56. The van der Waals surface area contributed by atoms with Crippen molar-refractivity contribution in [2.45, 2.75) is 49.4 Å². The number of aryl methyl sites for hydroxylation is 2. The Morgan fingerprint density at radius 3 is 2.54 bits per heavy atom. The topological polar surface area (TPSA) is 140 Å². The molecule has 10 nitrogen and oxygen atoms in total. The van der Waals surface area contributed by atoms with E-state index in [4.69, 9.17) is 39.1 Å². The molecule has 5 rings (SSSR count). The van der Waals surface area contributed by atoms with E-state index in [0.29, 0.717) is 29.1 Å². The molecule has 1 saturated heterocycles. The number of aliphatic hydroxyl groups excluding tert-OH is 1. The molecule has 1 aliphatic heterocycles. The minimum Gasteiger partial charge on any atom is -0.479 e. The number of ether oxygens (including phenoxy) is 2. The lowest BCUT2D eigenvalue weighted by Crippen LogP contribution is -2.48. The van der Waals surface area contributed by atoms with Gasteiger partial charge in [0, 0.05) is 11.4 Å². The highest BCUT2D eigenvalue weighted by atomic mass is 35.5. The number of fused-ring (bicyclic) bond motifs is 1. The third-order valence-electron chi connectivity index (χ3n) is 7.04. The van der Waals surface area contributed by atoms with Crippen molar-refractivity contribution in [1.29, 1.82) is 0 Å². The number of imidazole rings is 1. The van der Waals surface area contributed by atoms with Crippen LogP contribution in [0.15, 0.2) is 60.9 Å². The number of hydrogen-bond acceptors (Lipinski definition) is 8. The maximum absolute atomic E-state index is 11.9. The zero-order chi connectivity index (χ0) is 29.1. The van der Waals surface area contributed by atoms with Crippen LogP contribution in [0, 0.1) is 12.3 Å². The molecular formula is C29H26Cl2N4O6. The predicted octanol–water partition coefficient (Wildman–Crippen LogP) is 3.25. The molecule has 3 N–H and O–H groups in total. The summed E-state index contributed by atoms with van der Waals surface area (Å²) in [7, 11) is 0. The van der Waals surface area contributed by atoms with Crippen molar-refractivity contribution in [3.05, 3.63) is 88.1 Å². The minimum absolute atomic E-state index is 0.0323. The number of benzene rings is 2. The number of aromatic nitrogens is 4. The van der Waals surface area contributed by atoms with Gasteiger partial charge in [-0.25, -0.2) is 14.8 Å². The molecule has 1 aliphatic rings. The van der Waals surface area contributed by atoms with Gasteiger partial charge in [0.05, 0.1) is 18.6 Å². The van der Waals surface area contributed by atoms with Crippen LogP contribution in [0.25, 0.3) is 11.2 Å². The zero-order valence-electron chi connectivity index (χ0n) is 21.6. The number of carboxylic acid groups (broad SMARTS) is 1. The van der Waals surface area contributed by atoms with E-state index in [1.165, 1.54) is 10.9 Å². The largest absolute Gasteiger partial charge is 0.479 e. The summed E-state index contributed by atoms with van der Waals surface area (Å²) in [6.07, 6.45) is 2.90. The molecule has 1 unspecified atom stereocenters. The quantitative estimate of drug-likeness (QED) is 0.186. The first kappa shape index (κ1) is 29.0. The summed E-state index contributed by atoms with van der Waals surface area (Å²) in [5, 5.41) is 32.6. The van der Waals surface area contributed by atoms with Gasteiger partial charge in [-0.1, -0.05) is 60.0 Å². The Morgan fingerprint density at radius 2 is 1.85 bits per heavy atom. The molecule has 5 atom stereocenters. The van der Waals surface area contributed by atoms with E-state index in [2.05, 4.69) is 20.9 Å². The second-order valence-electron chi connectivity index (χ2n) is 9.67. The Bertz CT molecular complexity index is 1580. The molecule has 1 fully saturated rings. The summed E-state index contributed by atoms with van der Waals surface area (Å²) in [5.74, 6) is 1.01. The molecule has 2 aromatic heterocycles. The van der Waals surface area contributed by atoms with Gasteiger partial charge in [0.1, 0.15) is 17.7 Å². The van der Waals surface area contributed by atoms with Gasteiger partial charge < -0.3 is 24.8 Å². The standard InChI is InChI=1S/C29H26Cl2N4O6/c1-2-29(39)22(15-40-21(27(37)38)14-18-6-4-3-5-7-18)41-26(24(29)36)35-16-32-23-20(33-28(31)34-25(23)35)13-10-17-8-11-19(30)12-9-17/h1,3-9,11-12,16,21-22,24,26,36,39H,10,13-15H2,(H,37,38)/t21?,22-,24+,26-,29-/m1/s1. The maximum Gasteiger partial charge on any atom is 0.333 e. The van der Waals surface area contributed by atoms with Crippen molar-refractivity contribution < 1.29 is 29.6 Å². The second kappa shape index (κ2) is 12.1. The van der Waals surface area contributed by atoms with E-state index in [-0.39, 0.29) is 17.4 Å². The van der Waals surface area contributed by atoms with Gasteiger partial charge in [0.2, 0.25) is 5.28 Å². The summed E-state index contributed by atoms with van der Waals surface area (Å²) in [4.78, 5) is 24.9. The maximum atomic E-state index is 11.9. The first-order valence-corrected chi connectivity index (χ1v) is 13.5. The first-order chi connectivity index (χ1) is 19.7. The molecule has 2 aromatic carbocycles. The molecule has 0 saturated carbocycles. The van der Waals surface area contributed by atoms with Crippen LogP contribution >= 0.6 is 23.2 Å². The van der Waals surface area contributed by atoms with Crippen LogP contribution in [-0.4, -0.2) is 71.3 Å². The second-order valence-corrected chi connectivity index (χ2v) is 10.4. The van der Waals surface area contributed by atoms with Crippen molar-refractivity contribution in [2.75, 3.05) is 6.61 Å². The minimum atomic E-state index is -2.19. The molecule has 3 heterocycles. The molecule has 0 amide bonds. The van der Waals surface area contributed by atoms with Gasteiger partial charge in [-0.15, -0.1) is 6.42 Å². The molecule has 0 bridgehead atoms. The number of rotatable bonds is 10. The van der Waals surface area contributed by atoms with Crippen LogP contribution in [0.3, 0.4) is 0 Å². The molecule has 0 spiro atoms.